The summed E-state index contributed by atoms with van der Waals surface area (Å²) in [4.78, 5) is 4.49. The molecule has 16 heavy (non-hydrogen) atoms. The van der Waals surface area contributed by atoms with Gasteiger partial charge in [0.25, 0.3) is 0 Å². The minimum atomic E-state index is 0.583. The van der Waals surface area contributed by atoms with Gasteiger partial charge >= 0.3 is 6.01 Å². The van der Waals surface area contributed by atoms with Crippen LogP contribution in [0.15, 0.2) is 0 Å². The van der Waals surface area contributed by atoms with Crippen molar-refractivity contribution in [2.24, 2.45) is 5.92 Å². The van der Waals surface area contributed by atoms with E-state index >= 15 is 0 Å². The highest BCUT2D eigenvalue weighted by Gasteiger charge is 2.23. The van der Waals surface area contributed by atoms with Crippen LogP contribution in [-0.2, 0) is 0 Å². The fraction of sp³-hybridized carbons (Fsp3) is 0.833. The van der Waals surface area contributed by atoms with Gasteiger partial charge in [-0.2, -0.15) is 4.98 Å². The Kier molecular flexibility index (Phi) is 4.16. The minimum Gasteiger partial charge on any atom is -0.463 e. The van der Waals surface area contributed by atoms with Crippen LogP contribution in [0.5, 0.6) is 6.01 Å². The summed E-state index contributed by atoms with van der Waals surface area (Å²) in [5.74, 6) is 1.46. The highest BCUT2D eigenvalue weighted by atomic mass is 32.1. The summed E-state index contributed by atoms with van der Waals surface area (Å²) in [5.41, 5.74) is 0. The van der Waals surface area contributed by atoms with E-state index in [2.05, 4.69) is 23.2 Å². The molecule has 0 saturated heterocycles. The molecule has 0 amide bonds. The number of hydrogen-bond acceptors (Lipinski definition) is 4. The molecule has 2 unspecified atom stereocenters. The third kappa shape index (κ3) is 2.94. The Labute approximate surface area is 101 Å². The van der Waals surface area contributed by atoms with Gasteiger partial charge in [0.1, 0.15) is 5.01 Å². The molecule has 1 aliphatic carbocycles. The van der Waals surface area contributed by atoms with Crippen LogP contribution in [0.25, 0.3) is 0 Å². The van der Waals surface area contributed by atoms with Gasteiger partial charge in [-0.15, -0.1) is 4.37 Å². The zero-order valence-electron chi connectivity index (χ0n) is 10.1. The number of ether oxygens (including phenoxy) is 1. The maximum Gasteiger partial charge on any atom is 0.328 e. The summed E-state index contributed by atoms with van der Waals surface area (Å²) >= 11 is 1.52. The summed E-state index contributed by atoms with van der Waals surface area (Å²) in [7, 11) is 0. The second-order valence-electron chi connectivity index (χ2n) is 4.73. The number of nitrogens with zero attached hydrogens (tertiary/aromatic N) is 2. The van der Waals surface area contributed by atoms with Crippen LogP contribution in [0, 0.1) is 5.92 Å². The van der Waals surface area contributed by atoms with Crippen LogP contribution in [0.2, 0.25) is 0 Å². The molecule has 0 aliphatic heterocycles. The standard InChI is InChI=1S/C12H20N2OS/c1-3-7-15-12-13-11(16-14-12)10-6-4-5-9(2)8-10/h9-10H,3-8H2,1-2H3. The van der Waals surface area contributed by atoms with E-state index in [1.165, 1.54) is 42.2 Å². The SMILES string of the molecule is CCCOc1nsc(C2CCCC(C)C2)n1. The molecule has 1 aromatic rings. The monoisotopic (exact) mass is 240 g/mol. The Balaban J connectivity index is 1.95. The zero-order chi connectivity index (χ0) is 11.4. The maximum absolute atomic E-state index is 5.44. The topological polar surface area (TPSA) is 35.0 Å². The van der Waals surface area contributed by atoms with Crippen molar-refractivity contribution >= 4 is 11.5 Å². The minimum absolute atomic E-state index is 0.583. The summed E-state index contributed by atoms with van der Waals surface area (Å²) < 4.78 is 9.70. The summed E-state index contributed by atoms with van der Waals surface area (Å²) in [5, 5.41) is 1.18. The summed E-state index contributed by atoms with van der Waals surface area (Å²) in [6.45, 7) is 5.15. The highest BCUT2D eigenvalue weighted by Crippen LogP contribution is 2.37. The van der Waals surface area contributed by atoms with E-state index in [-0.39, 0.29) is 0 Å². The van der Waals surface area contributed by atoms with Crippen LogP contribution in [0.1, 0.15) is 56.9 Å². The molecule has 0 N–H and O–H groups in total. The van der Waals surface area contributed by atoms with Crippen LogP contribution < -0.4 is 4.74 Å². The molecule has 0 radical (unpaired) electrons. The van der Waals surface area contributed by atoms with E-state index in [0.29, 0.717) is 11.9 Å². The number of rotatable bonds is 4. The van der Waals surface area contributed by atoms with Gasteiger partial charge in [0.15, 0.2) is 0 Å². The van der Waals surface area contributed by atoms with Crippen LogP contribution >= 0.6 is 11.5 Å². The van der Waals surface area contributed by atoms with Crippen molar-refractivity contribution in [1.82, 2.24) is 9.36 Å². The molecular weight excluding hydrogens is 220 g/mol. The zero-order valence-corrected chi connectivity index (χ0v) is 10.9. The largest absolute Gasteiger partial charge is 0.463 e. The third-order valence-electron chi connectivity index (χ3n) is 3.14. The average Bonchev–Trinajstić information content (AvgIpc) is 2.75. The van der Waals surface area contributed by atoms with Gasteiger partial charge in [-0.3, -0.25) is 0 Å². The van der Waals surface area contributed by atoms with Gasteiger partial charge in [-0.25, -0.2) is 0 Å². The van der Waals surface area contributed by atoms with E-state index in [1.807, 2.05) is 0 Å². The molecular formula is C12H20N2OS. The second-order valence-corrected chi connectivity index (χ2v) is 5.52. The van der Waals surface area contributed by atoms with Gasteiger partial charge < -0.3 is 4.74 Å². The maximum atomic E-state index is 5.44. The smallest absolute Gasteiger partial charge is 0.328 e. The van der Waals surface area contributed by atoms with Crippen LogP contribution in [-0.4, -0.2) is 16.0 Å². The normalized spacial score (nSPS) is 25.6. The summed E-state index contributed by atoms with van der Waals surface area (Å²) in [6, 6.07) is 0.583. The first kappa shape index (κ1) is 11.8. The molecule has 90 valence electrons. The Morgan fingerprint density at radius 1 is 1.44 bits per heavy atom. The predicted octanol–water partition coefficient (Wildman–Crippen LogP) is 3.62. The lowest BCUT2D eigenvalue weighted by molar-refractivity contribution is 0.293. The van der Waals surface area contributed by atoms with Gasteiger partial charge in [0, 0.05) is 5.92 Å². The van der Waals surface area contributed by atoms with Crippen molar-refractivity contribution in [3.8, 4) is 6.01 Å². The van der Waals surface area contributed by atoms with Crippen molar-refractivity contribution in [2.45, 2.75) is 51.9 Å². The molecule has 4 heteroatoms. The lowest BCUT2D eigenvalue weighted by Gasteiger charge is -2.24. The van der Waals surface area contributed by atoms with Gasteiger partial charge in [0.05, 0.1) is 6.61 Å². The van der Waals surface area contributed by atoms with E-state index in [0.717, 1.165) is 18.9 Å². The quantitative estimate of drug-likeness (QED) is 0.806. The van der Waals surface area contributed by atoms with E-state index in [1.54, 1.807) is 0 Å². The van der Waals surface area contributed by atoms with Gasteiger partial charge in [-0.1, -0.05) is 26.7 Å². The molecule has 1 aromatic heterocycles. The van der Waals surface area contributed by atoms with E-state index in [9.17, 15) is 0 Å². The molecule has 0 bridgehead atoms. The molecule has 1 fully saturated rings. The van der Waals surface area contributed by atoms with Crippen LogP contribution in [0.3, 0.4) is 0 Å². The fourth-order valence-corrected chi connectivity index (χ4v) is 3.04. The molecule has 1 heterocycles. The molecule has 1 aliphatic rings. The Morgan fingerprint density at radius 2 is 2.31 bits per heavy atom. The Bertz CT molecular complexity index is 327. The van der Waals surface area contributed by atoms with Crippen molar-refractivity contribution < 1.29 is 4.74 Å². The van der Waals surface area contributed by atoms with E-state index in [4.69, 9.17) is 4.74 Å². The number of hydrogen-bond donors (Lipinski definition) is 0. The lowest BCUT2D eigenvalue weighted by Crippen LogP contribution is -2.11. The average molecular weight is 240 g/mol. The van der Waals surface area contributed by atoms with Crippen LogP contribution in [0.4, 0.5) is 0 Å². The molecule has 3 nitrogen and oxygen atoms in total. The molecule has 0 aromatic carbocycles. The highest BCUT2D eigenvalue weighted by molar-refractivity contribution is 7.05. The van der Waals surface area contributed by atoms with Crippen molar-refractivity contribution in [3.05, 3.63) is 5.01 Å². The molecule has 1 saturated carbocycles. The second kappa shape index (κ2) is 5.62. The Hall–Kier alpha value is -0.640. The van der Waals surface area contributed by atoms with Gasteiger partial charge in [-0.05, 0) is 36.7 Å². The first-order chi connectivity index (χ1) is 7.79. The first-order valence-corrected chi connectivity index (χ1v) is 7.03. The Morgan fingerprint density at radius 3 is 3.06 bits per heavy atom. The molecule has 2 atom stereocenters. The summed E-state index contributed by atoms with van der Waals surface area (Å²) in [6.07, 6.45) is 6.25. The lowest BCUT2D eigenvalue weighted by atomic mass is 9.83. The fourth-order valence-electron chi connectivity index (χ4n) is 2.30. The van der Waals surface area contributed by atoms with Crippen molar-refractivity contribution in [2.75, 3.05) is 6.61 Å². The van der Waals surface area contributed by atoms with Crippen molar-refractivity contribution in [3.63, 3.8) is 0 Å². The first-order valence-electron chi connectivity index (χ1n) is 6.26. The van der Waals surface area contributed by atoms with Gasteiger partial charge in [0.2, 0.25) is 0 Å². The van der Waals surface area contributed by atoms with Crippen molar-refractivity contribution in [1.29, 1.82) is 0 Å². The molecule has 0 spiro atoms. The van der Waals surface area contributed by atoms with E-state index < -0.39 is 0 Å². The number of aromatic nitrogens is 2. The molecule has 2 rings (SSSR count). The predicted molar refractivity (Wildman–Crippen MR) is 66.1 cm³/mol. The third-order valence-corrected chi connectivity index (χ3v) is 4.00.